The molecule has 2 aromatic carbocycles. The number of benzene rings is 2. The van der Waals surface area contributed by atoms with Crippen molar-refractivity contribution >= 4 is 61.7 Å². The molecule has 0 unspecified atom stereocenters. The van der Waals surface area contributed by atoms with Crippen molar-refractivity contribution < 1.29 is 4.79 Å². The number of carbonyl (C=O) groups is 1. The van der Waals surface area contributed by atoms with Crippen molar-refractivity contribution in [3.8, 4) is 0 Å². The van der Waals surface area contributed by atoms with Gasteiger partial charge in [-0.2, -0.15) is 0 Å². The summed E-state index contributed by atoms with van der Waals surface area (Å²) in [4.78, 5) is 12.2. The van der Waals surface area contributed by atoms with E-state index in [1.807, 2.05) is 25.1 Å². The highest BCUT2D eigenvalue weighted by Crippen LogP contribution is 2.24. The molecule has 0 heterocycles. The Balaban J connectivity index is 2.25. The topological polar surface area (TPSA) is 29.1 Å². The van der Waals surface area contributed by atoms with Gasteiger partial charge in [-0.3, -0.25) is 4.79 Å². The lowest BCUT2D eigenvalue weighted by molar-refractivity contribution is 0.102. The highest BCUT2D eigenvalue weighted by molar-refractivity contribution is 14.1. The molecular formula is C14H10BrClINO. The third-order valence-electron chi connectivity index (χ3n) is 2.63. The Morgan fingerprint density at radius 3 is 2.68 bits per heavy atom. The van der Waals surface area contributed by atoms with Crippen LogP contribution in [0.3, 0.4) is 0 Å². The SMILES string of the molecule is Cc1ccc(I)cc1NC(=O)c1ccc(Cl)c(Br)c1. The van der Waals surface area contributed by atoms with Crippen LogP contribution in [-0.4, -0.2) is 5.91 Å². The standard InChI is InChI=1S/C14H10BrClINO/c1-8-2-4-10(17)7-13(8)18-14(19)9-3-5-12(16)11(15)6-9/h2-7H,1H3,(H,18,19). The van der Waals surface area contributed by atoms with E-state index in [2.05, 4.69) is 43.8 Å². The molecule has 0 aromatic heterocycles. The fourth-order valence-electron chi connectivity index (χ4n) is 1.56. The molecule has 5 heteroatoms. The fourth-order valence-corrected chi connectivity index (χ4v) is 2.55. The van der Waals surface area contributed by atoms with Gasteiger partial charge in [0.05, 0.1) is 5.02 Å². The zero-order valence-electron chi connectivity index (χ0n) is 10.0. The van der Waals surface area contributed by atoms with E-state index < -0.39 is 0 Å². The molecule has 19 heavy (non-hydrogen) atoms. The average Bonchev–Trinajstić information content (AvgIpc) is 2.37. The Morgan fingerprint density at radius 2 is 2.00 bits per heavy atom. The Hall–Kier alpha value is -0.590. The summed E-state index contributed by atoms with van der Waals surface area (Å²) in [5.41, 5.74) is 2.42. The van der Waals surface area contributed by atoms with Crippen molar-refractivity contribution in [3.63, 3.8) is 0 Å². The molecule has 0 aliphatic heterocycles. The maximum absolute atomic E-state index is 12.2. The minimum absolute atomic E-state index is 0.150. The number of rotatable bonds is 2. The molecule has 2 rings (SSSR count). The van der Waals surface area contributed by atoms with Crippen LogP contribution >= 0.6 is 50.1 Å². The van der Waals surface area contributed by atoms with Crippen LogP contribution in [0.2, 0.25) is 5.02 Å². The molecule has 0 saturated heterocycles. The normalized spacial score (nSPS) is 10.3. The number of nitrogens with one attached hydrogen (secondary N) is 1. The summed E-state index contributed by atoms with van der Waals surface area (Å²) in [5.74, 6) is -0.150. The summed E-state index contributed by atoms with van der Waals surface area (Å²) < 4.78 is 1.79. The van der Waals surface area contributed by atoms with Crippen LogP contribution in [0.5, 0.6) is 0 Å². The molecule has 0 bridgehead atoms. The largest absolute Gasteiger partial charge is 0.322 e. The lowest BCUT2D eigenvalue weighted by atomic mass is 10.1. The van der Waals surface area contributed by atoms with Gasteiger partial charge in [-0.25, -0.2) is 0 Å². The van der Waals surface area contributed by atoms with Gasteiger partial charge in [0.15, 0.2) is 0 Å². The summed E-state index contributed by atoms with van der Waals surface area (Å²) in [6.45, 7) is 1.96. The van der Waals surface area contributed by atoms with Crippen LogP contribution in [-0.2, 0) is 0 Å². The molecule has 0 atom stereocenters. The first kappa shape index (κ1) is 14.8. The third-order valence-corrected chi connectivity index (χ3v) is 4.51. The van der Waals surface area contributed by atoms with Crippen molar-refractivity contribution in [3.05, 3.63) is 60.6 Å². The minimum atomic E-state index is -0.150. The maximum atomic E-state index is 12.2. The minimum Gasteiger partial charge on any atom is -0.322 e. The second kappa shape index (κ2) is 6.24. The van der Waals surface area contributed by atoms with E-state index in [0.717, 1.165) is 14.8 Å². The highest BCUT2D eigenvalue weighted by Gasteiger charge is 2.09. The van der Waals surface area contributed by atoms with Gasteiger partial charge in [0.2, 0.25) is 0 Å². The van der Waals surface area contributed by atoms with E-state index in [4.69, 9.17) is 11.6 Å². The van der Waals surface area contributed by atoms with Crippen LogP contribution in [0.1, 0.15) is 15.9 Å². The molecule has 0 saturated carbocycles. The molecule has 1 amide bonds. The van der Waals surface area contributed by atoms with E-state index in [-0.39, 0.29) is 5.91 Å². The molecule has 0 aliphatic rings. The molecule has 0 spiro atoms. The van der Waals surface area contributed by atoms with E-state index in [0.29, 0.717) is 15.1 Å². The lowest BCUT2D eigenvalue weighted by Gasteiger charge is -2.09. The number of carbonyl (C=O) groups excluding carboxylic acids is 1. The molecule has 2 aromatic rings. The van der Waals surface area contributed by atoms with Crippen LogP contribution in [0.25, 0.3) is 0 Å². The van der Waals surface area contributed by atoms with Gasteiger partial charge in [-0.15, -0.1) is 0 Å². The highest BCUT2D eigenvalue weighted by atomic mass is 127. The number of aryl methyl sites for hydroxylation is 1. The molecular weight excluding hydrogens is 440 g/mol. The van der Waals surface area contributed by atoms with Gasteiger partial charge < -0.3 is 5.32 Å². The quantitative estimate of drug-likeness (QED) is 0.621. The van der Waals surface area contributed by atoms with Crippen LogP contribution < -0.4 is 5.32 Å². The predicted octanol–water partition coefficient (Wildman–Crippen LogP) is 5.27. The first-order chi connectivity index (χ1) is 8.97. The van der Waals surface area contributed by atoms with E-state index in [1.165, 1.54) is 0 Å². The first-order valence-electron chi connectivity index (χ1n) is 5.50. The number of amides is 1. The smallest absolute Gasteiger partial charge is 0.255 e. The van der Waals surface area contributed by atoms with Crippen molar-refractivity contribution in [2.24, 2.45) is 0 Å². The van der Waals surface area contributed by atoms with Crippen LogP contribution in [0, 0.1) is 10.5 Å². The van der Waals surface area contributed by atoms with Gasteiger partial charge >= 0.3 is 0 Å². The summed E-state index contributed by atoms with van der Waals surface area (Å²) >= 11 is 11.4. The van der Waals surface area contributed by atoms with Crippen LogP contribution in [0.4, 0.5) is 5.69 Å². The number of hydrogen-bond donors (Lipinski definition) is 1. The second-order valence-electron chi connectivity index (χ2n) is 4.04. The molecule has 0 fully saturated rings. The average molecular weight is 451 g/mol. The summed E-state index contributed by atoms with van der Waals surface area (Å²) in [6, 6.07) is 11.0. The Labute approximate surface area is 138 Å². The first-order valence-corrected chi connectivity index (χ1v) is 7.75. The van der Waals surface area contributed by atoms with Gasteiger partial charge in [0, 0.05) is 19.3 Å². The fraction of sp³-hybridized carbons (Fsp3) is 0.0714. The summed E-state index contributed by atoms with van der Waals surface area (Å²) in [6.07, 6.45) is 0. The number of hydrogen-bond acceptors (Lipinski definition) is 1. The van der Waals surface area contributed by atoms with E-state index in [9.17, 15) is 4.79 Å². The molecule has 2 nitrogen and oxygen atoms in total. The Bertz CT molecular complexity index is 645. The van der Waals surface area contributed by atoms with Gasteiger partial charge in [0.1, 0.15) is 0 Å². The zero-order chi connectivity index (χ0) is 14.0. The second-order valence-corrected chi connectivity index (χ2v) is 6.55. The maximum Gasteiger partial charge on any atom is 0.255 e. The zero-order valence-corrected chi connectivity index (χ0v) is 14.5. The molecule has 0 radical (unpaired) electrons. The van der Waals surface area contributed by atoms with Crippen molar-refractivity contribution in [1.82, 2.24) is 0 Å². The van der Waals surface area contributed by atoms with Gasteiger partial charge in [0.25, 0.3) is 5.91 Å². The Morgan fingerprint density at radius 1 is 1.26 bits per heavy atom. The summed E-state index contributed by atoms with van der Waals surface area (Å²) in [5, 5.41) is 3.49. The third kappa shape index (κ3) is 3.70. The van der Waals surface area contributed by atoms with Crippen molar-refractivity contribution in [2.45, 2.75) is 6.92 Å². The molecule has 98 valence electrons. The van der Waals surface area contributed by atoms with Gasteiger partial charge in [-0.05, 0) is 81.3 Å². The van der Waals surface area contributed by atoms with E-state index >= 15 is 0 Å². The molecule has 1 N–H and O–H groups in total. The van der Waals surface area contributed by atoms with Crippen molar-refractivity contribution in [1.29, 1.82) is 0 Å². The predicted molar refractivity (Wildman–Crippen MR) is 91.0 cm³/mol. The van der Waals surface area contributed by atoms with Crippen LogP contribution in [0.15, 0.2) is 40.9 Å². The van der Waals surface area contributed by atoms with Gasteiger partial charge in [-0.1, -0.05) is 17.7 Å². The monoisotopic (exact) mass is 449 g/mol. The van der Waals surface area contributed by atoms with Crippen molar-refractivity contribution in [2.75, 3.05) is 5.32 Å². The van der Waals surface area contributed by atoms with E-state index in [1.54, 1.807) is 18.2 Å². The summed E-state index contributed by atoms with van der Waals surface area (Å²) in [7, 11) is 0. The number of anilines is 1. The molecule has 0 aliphatic carbocycles. The lowest BCUT2D eigenvalue weighted by Crippen LogP contribution is -2.12. The Kier molecular flexibility index (Phi) is 4.86. The number of halogens is 3.